The van der Waals surface area contributed by atoms with E-state index in [1.54, 1.807) is 6.92 Å². The molecule has 0 atom stereocenters. The molecule has 0 radical (unpaired) electrons. The molecule has 100 valence electrons. The Morgan fingerprint density at radius 3 is 2.37 bits per heavy atom. The molecule has 0 aliphatic heterocycles. The van der Waals surface area contributed by atoms with Gasteiger partial charge in [-0.25, -0.2) is 0 Å². The highest BCUT2D eigenvalue weighted by atomic mass is 19.4. The number of carbonyl (C=O) groups is 1. The second-order valence-corrected chi connectivity index (χ2v) is 3.88. The zero-order valence-electron chi connectivity index (χ0n) is 9.78. The van der Waals surface area contributed by atoms with Gasteiger partial charge in [-0.05, 0) is 31.2 Å². The van der Waals surface area contributed by atoms with Crippen LogP contribution in [0.1, 0.15) is 21.6 Å². The minimum atomic E-state index is -4.40. The average molecular weight is 270 g/mol. The van der Waals surface area contributed by atoms with Gasteiger partial charge >= 0.3 is 6.18 Å². The number of hydrogen-bond donors (Lipinski definition) is 1. The van der Waals surface area contributed by atoms with Gasteiger partial charge in [-0.1, -0.05) is 5.16 Å². The van der Waals surface area contributed by atoms with E-state index in [-0.39, 0.29) is 11.4 Å². The van der Waals surface area contributed by atoms with E-state index in [4.69, 9.17) is 0 Å². The molecular formula is C12H9F3N2O2. The maximum absolute atomic E-state index is 12.3. The van der Waals surface area contributed by atoms with Crippen molar-refractivity contribution in [2.45, 2.75) is 13.1 Å². The van der Waals surface area contributed by atoms with Crippen LogP contribution >= 0.6 is 0 Å². The molecule has 0 spiro atoms. The lowest BCUT2D eigenvalue weighted by Gasteiger charge is -2.08. The third kappa shape index (κ3) is 2.93. The SMILES string of the molecule is Cc1conc1C(=O)Nc1ccc(C(F)(F)F)cc1. The summed E-state index contributed by atoms with van der Waals surface area (Å²) in [6, 6.07) is 4.14. The smallest absolute Gasteiger partial charge is 0.364 e. The van der Waals surface area contributed by atoms with Crippen LogP contribution in [0.3, 0.4) is 0 Å². The number of halogens is 3. The molecule has 0 saturated carbocycles. The lowest BCUT2D eigenvalue weighted by atomic mass is 10.2. The summed E-state index contributed by atoms with van der Waals surface area (Å²) in [5, 5.41) is 5.94. The zero-order chi connectivity index (χ0) is 14.0. The highest BCUT2D eigenvalue weighted by molar-refractivity contribution is 6.03. The van der Waals surface area contributed by atoms with Gasteiger partial charge in [-0.15, -0.1) is 0 Å². The number of aromatic nitrogens is 1. The Hall–Kier alpha value is -2.31. The van der Waals surface area contributed by atoms with Gasteiger partial charge in [0.25, 0.3) is 5.91 Å². The quantitative estimate of drug-likeness (QED) is 0.911. The molecule has 1 aromatic heterocycles. The lowest BCUT2D eigenvalue weighted by Crippen LogP contribution is -2.13. The van der Waals surface area contributed by atoms with Gasteiger partial charge in [0, 0.05) is 11.3 Å². The van der Waals surface area contributed by atoms with E-state index in [0.29, 0.717) is 5.56 Å². The summed E-state index contributed by atoms with van der Waals surface area (Å²) >= 11 is 0. The molecule has 4 nitrogen and oxygen atoms in total. The lowest BCUT2D eigenvalue weighted by molar-refractivity contribution is -0.137. The molecule has 2 rings (SSSR count). The first kappa shape index (κ1) is 13.1. The fourth-order valence-electron chi connectivity index (χ4n) is 1.44. The summed E-state index contributed by atoms with van der Waals surface area (Å²) in [5.74, 6) is -0.536. The van der Waals surface area contributed by atoms with Crippen LogP contribution in [0.5, 0.6) is 0 Å². The van der Waals surface area contributed by atoms with Gasteiger partial charge in [-0.2, -0.15) is 13.2 Å². The van der Waals surface area contributed by atoms with Crippen LogP contribution in [0.15, 0.2) is 35.1 Å². The van der Waals surface area contributed by atoms with Crippen LogP contribution < -0.4 is 5.32 Å². The van der Waals surface area contributed by atoms with Crippen molar-refractivity contribution >= 4 is 11.6 Å². The number of nitrogens with one attached hydrogen (secondary N) is 1. The molecule has 1 heterocycles. The van der Waals surface area contributed by atoms with Crippen LogP contribution in [-0.4, -0.2) is 11.1 Å². The molecule has 7 heteroatoms. The molecule has 1 aromatic carbocycles. The topological polar surface area (TPSA) is 55.1 Å². The van der Waals surface area contributed by atoms with Gasteiger partial charge in [0.15, 0.2) is 5.69 Å². The highest BCUT2D eigenvalue weighted by Gasteiger charge is 2.30. The molecule has 1 N–H and O–H groups in total. The number of alkyl halides is 3. The highest BCUT2D eigenvalue weighted by Crippen LogP contribution is 2.29. The Bertz CT molecular complexity index is 588. The van der Waals surface area contributed by atoms with Crippen LogP contribution in [-0.2, 0) is 6.18 Å². The summed E-state index contributed by atoms with van der Waals surface area (Å²) in [4.78, 5) is 11.7. The number of rotatable bonds is 2. The molecule has 0 fully saturated rings. The summed E-state index contributed by atoms with van der Waals surface area (Å²) in [5.41, 5.74) is 0.118. The van der Waals surface area contributed by atoms with Crippen LogP contribution in [0.4, 0.5) is 18.9 Å². The first-order valence-corrected chi connectivity index (χ1v) is 5.27. The normalized spacial score (nSPS) is 11.4. The maximum atomic E-state index is 12.3. The molecule has 19 heavy (non-hydrogen) atoms. The molecular weight excluding hydrogens is 261 g/mol. The third-order valence-corrected chi connectivity index (χ3v) is 2.43. The molecule has 0 aliphatic rings. The minimum absolute atomic E-state index is 0.0971. The van der Waals surface area contributed by atoms with Crippen molar-refractivity contribution < 1.29 is 22.5 Å². The van der Waals surface area contributed by atoms with Crippen molar-refractivity contribution in [3.8, 4) is 0 Å². The fourth-order valence-corrected chi connectivity index (χ4v) is 1.44. The summed E-state index contributed by atoms with van der Waals surface area (Å²) in [7, 11) is 0. The van der Waals surface area contributed by atoms with Gasteiger partial charge < -0.3 is 9.84 Å². The summed E-state index contributed by atoms with van der Waals surface area (Å²) < 4.78 is 41.7. The number of amides is 1. The van der Waals surface area contributed by atoms with Crippen molar-refractivity contribution in [1.82, 2.24) is 5.16 Å². The molecule has 0 unspecified atom stereocenters. The van der Waals surface area contributed by atoms with E-state index in [0.717, 1.165) is 12.1 Å². The Morgan fingerprint density at radius 2 is 1.89 bits per heavy atom. The predicted octanol–water partition coefficient (Wildman–Crippen LogP) is 3.25. The molecule has 0 bridgehead atoms. The zero-order valence-corrected chi connectivity index (χ0v) is 9.78. The minimum Gasteiger partial charge on any atom is -0.364 e. The van der Waals surface area contributed by atoms with Gasteiger partial charge in [0.1, 0.15) is 6.26 Å². The standard InChI is InChI=1S/C12H9F3N2O2/c1-7-6-19-17-10(7)11(18)16-9-4-2-8(3-5-9)12(13,14)15/h2-6H,1H3,(H,16,18). The molecule has 0 aliphatic carbocycles. The monoisotopic (exact) mass is 270 g/mol. The largest absolute Gasteiger partial charge is 0.416 e. The first-order chi connectivity index (χ1) is 8.88. The number of carbonyl (C=O) groups excluding carboxylic acids is 1. The Kier molecular flexibility index (Phi) is 3.28. The van der Waals surface area contributed by atoms with Crippen molar-refractivity contribution in [2.75, 3.05) is 5.32 Å². The average Bonchev–Trinajstić information content (AvgIpc) is 2.75. The van der Waals surface area contributed by atoms with Gasteiger partial charge in [0.05, 0.1) is 5.56 Å². The Morgan fingerprint density at radius 1 is 1.26 bits per heavy atom. The summed E-state index contributed by atoms with van der Waals surface area (Å²) in [6.45, 7) is 1.64. The molecule has 0 saturated heterocycles. The van der Waals surface area contributed by atoms with Crippen LogP contribution in [0, 0.1) is 6.92 Å². The fraction of sp³-hybridized carbons (Fsp3) is 0.167. The van der Waals surface area contributed by atoms with E-state index < -0.39 is 17.6 Å². The van der Waals surface area contributed by atoms with E-state index in [9.17, 15) is 18.0 Å². The Balaban J connectivity index is 2.12. The number of benzene rings is 1. The van der Waals surface area contributed by atoms with Crippen molar-refractivity contribution in [3.05, 3.63) is 47.3 Å². The summed E-state index contributed by atoms with van der Waals surface area (Å²) in [6.07, 6.45) is -3.09. The van der Waals surface area contributed by atoms with E-state index in [2.05, 4.69) is 15.0 Å². The van der Waals surface area contributed by atoms with Gasteiger partial charge in [0.2, 0.25) is 0 Å². The number of anilines is 1. The van der Waals surface area contributed by atoms with Gasteiger partial charge in [-0.3, -0.25) is 4.79 Å². The number of hydrogen-bond acceptors (Lipinski definition) is 3. The van der Waals surface area contributed by atoms with Crippen molar-refractivity contribution in [3.63, 3.8) is 0 Å². The van der Waals surface area contributed by atoms with E-state index in [1.165, 1.54) is 18.4 Å². The second-order valence-electron chi connectivity index (χ2n) is 3.88. The molecule has 2 aromatic rings. The number of nitrogens with zero attached hydrogens (tertiary/aromatic N) is 1. The van der Waals surface area contributed by atoms with Crippen molar-refractivity contribution in [2.24, 2.45) is 0 Å². The maximum Gasteiger partial charge on any atom is 0.416 e. The van der Waals surface area contributed by atoms with Crippen molar-refractivity contribution in [1.29, 1.82) is 0 Å². The Labute approximate surface area is 106 Å². The van der Waals surface area contributed by atoms with Crippen LogP contribution in [0.25, 0.3) is 0 Å². The van der Waals surface area contributed by atoms with E-state index >= 15 is 0 Å². The third-order valence-electron chi connectivity index (χ3n) is 2.43. The van der Waals surface area contributed by atoms with E-state index in [1.807, 2.05) is 0 Å². The first-order valence-electron chi connectivity index (χ1n) is 5.27. The number of aryl methyl sites for hydroxylation is 1. The predicted molar refractivity (Wildman–Crippen MR) is 60.6 cm³/mol. The molecule has 1 amide bonds. The second kappa shape index (κ2) is 4.75. The van der Waals surface area contributed by atoms with Crippen LogP contribution in [0.2, 0.25) is 0 Å².